The number of carbonyl (C=O) groups excluding carboxylic acids is 1. The minimum Gasteiger partial charge on any atom is -0.481 e. The van der Waals surface area contributed by atoms with E-state index in [0.29, 0.717) is 12.8 Å². The summed E-state index contributed by atoms with van der Waals surface area (Å²) in [4.78, 5) is 21.9. The Morgan fingerprint density at radius 1 is 1.44 bits per heavy atom. The third kappa shape index (κ3) is 4.58. The van der Waals surface area contributed by atoms with E-state index < -0.39 is 10.3 Å². The summed E-state index contributed by atoms with van der Waals surface area (Å²) in [5.41, 5.74) is 0. The van der Waals surface area contributed by atoms with Crippen molar-refractivity contribution in [2.24, 2.45) is 5.92 Å². The Balaban J connectivity index is 2.19. The number of carboxylic acid groups (broad SMARTS) is 1. The van der Waals surface area contributed by atoms with Gasteiger partial charge in [-0.15, -0.1) is 23.2 Å². The van der Waals surface area contributed by atoms with Gasteiger partial charge < -0.3 is 10.4 Å². The Hall–Kier alpha value is -0.480. The predicted molar refractivity (Wildman–Crippen MR) is 61.6 cm³/mol. The van der Waals surface area contributed by atoms with E-state index in [0.717, 1.165) is 0 Å². The fraction of sp³-hybridized carbons (Fsp3) is 0.800. The van der Waals surface area contributed by atoms with Gasteiger partial charge in [-0.05, 0) is 5.92 Å². The number of carboxylic acids is 1. The average molecular weight is 268 g/mol. The minimum absolute atomic E-state index is 0.00698. The summed E-state index contributed by atoms with van der Waals surface area (Å²) in [7, 11) is 0. The number of amides is 1. The highest BCUT2D eigenvalue weighted by molar-refractivity contribution is 6.49. The van der Waals surface area contributed by atoms with Crippen LogP contribution in [0.5, 0.6) is 0 Å². The van der Waals surface area contributed by atoms with E-state index in [1.807, 2.05) is 0 Å². The highest BCUT2D eigenvalue weighted by Gasteiger charge is 2.41. The van der Waals surface area contributed by atoms with Gasteiger partial charge in [0.05, 0.1) is 0 Å². The standard InChI is InChI=1S/C10H15Cl2NO3/c1-6(3-9(15)16)2-8(14)13-7-4-10(11,12)5-7/h6-7H,2-5H2,1H3,(H,13,14)(H,15,16). The van der Waals surface area contributed by atoms with Gasteiger partial charge in [-0.1, -0.05) is 6.92 Å². The first-order valence-electron chi connectivity index (χ1n) is 5.17. The van der Waals surface area contributed by atoms with Crippen LogP contribution in [0, 0.1) is 5.92 Å². The van der Waals surface area contributed by atoms with Crippen LogP contribution < -0.4 is 5.32 Å². The van der Waals surface area contributed by atoms with E-state index in [9.17, 15) is 9.59 Å². The van der Waals surface area contributed by atoms with Gasteiger partial charge in [-0.3, -0.25) is 9.59 Å². The Labute approximate surface area is 104 Å². The molecule has 2 N–H and O–H groups in total. The summed E-state index contributed by atoms with van der Waals surface area (Å²) < 4.78 is -0.704. The zero-order valence-electron chi connectivity index (χ0n) is 9.00. The lowest BCUT2D eigenvalue weighted by molar-refractivity contribution is -0.138. The average Bonchev–Trinajstić information content (AvgIpc) is 1.97. The van der Waals surface area contributed by atoms with Crippen molar-refractivity contribution in [1.82, 2.24) is 5.32 Å². The monoisotopic (exact) mass is 267 g/mol. The second kappa shape index (κ2) is 5.23. The van der Waals surface area contributed by atoms with E-state index in [-0.39, 0.29) is 30.7 Å². The Morgan fingerprint density at radius 2 is 2.00 bits per heavy atom. The van der Waals surface area contributed by atoms with Crippen LogP contribution in [-0.4, -0.2) is 27.4 Å². The van der Waals surface area contributed by atoms with Crippen molar-refractivity contribution in [1.29, 1.82) is 0 Å². The normalized spacial score (nSPS) is 20.9. The molecular weight excluding hydrogens is 253 g/mol. The molecule has 1 atom stereocenters. The van der Waals surface area contributed by atoms with Crippen LogP contribution in [-0.2, 0) is 9.59 Å². The lowest BCUT2D eigenvalue weighted by Gasteiger charge is -2.38. The molecule has 1 aliphatic carbocycles. The molecular formula is C10H15Cl2NO3. The molecule has 0 heterocycles. The zero-order chi connectivity index (χ0) is 12.3. The van der Waals surface area contributed by atoms with Crippen molar-refractivity contribution < 1.29 is 14.7 Å². The molecule has 0 aromatic heterocycles. The van der Waals surface area contributed by atoms with Crippen LogP contribution >= 0.6 is 23.2 Å². The van der Waals surface area contributed by atoms with Crippen LogP contribution in [0.15, 0.2) is 0 Å². The van der Waals surface area contributed by atoms with E-state index in [1.165, 1.54) is 0 Å². The molecule has 0 bridgehead atoms. The molecule has 1 saturated carbocycles. The van der Waals surface area contributed by atoms with E-state index in [4.69, 9.17) is 28.3 Å². The van der Waals surface area contributed by atoms with Gasteiger partial charge in [0.15, 0.2) is 0 Å². The quantitative estimate of drug-likeness (QED) is 0.749. The maximum absolute atomic E-state index is 11.5. The maximum atomic E-state index is 11.5. The summed E-state index contributed by atoms with van der Waals surface area (Å²) in [6, 6.07) is 0.0273. The summed E-state index contributed by atoms with van der Waals surface area (Å²) in [6.45, 7) is 1.74. The van der Waals surface area contributed by atoms with Crippen LogP contribution in [0.3, 0.4) is 0 Å². The Morgan fingerprint density at radius 3 is 2.44 bits per heavy atom. The van der Waals surface area contributed by atoms with E-state index in [1.54, 1.807) is 6.92 Å². The van der Waals surface area contributed by atoms with Crippen molar-refractivity contribution in [2.45, 2.75) is 43.0 Å². The predicted octanol–water partition coefficient (Wildman–Crippen LogP) is 1.94. The van der Waals surface area contributed by atoms with Crippen LogP contribution in [0.1, 0.15) is 32.6 Å². The fourth-order valence-corrected chi connectivity index (χ4v) is 2.48. The molecule has 1 amide bonds. The van der Waals surface area contributed by atoms with Crippen molar-refractivity contribution in [3.8, 4) is 0 Å². The molecule has 92 valence electrons. The molecule has 0 spiro atoms. The SMILES string of the molecule is CC(CC(=O)O)CC(=O)NC1CC(Cl)(Cl)C1. The Bertz CT molecular complexity index is 286. The minimum atomic E-state index is -0.885. The molecule has 1 fully saturated rings. The second-order valence-corrected chi connectivity index (χ2v) is 6.08. The van der Waals surface area contributed by atoms with Crippen molar-refractivity contribution in [2.75, 3.05) is 0 Å². The summed E-state index contributed by atoms with van der Waals surface area (Å²) in [5, 5.41) is 11.3. The number of alkyl halides is 2. The van der Waals surface area contributed by atoms with Crippen LogP contribution in [0.4, 0.5) is 0 Å². The van der Waals surface area contributed by atoms with Crippen molar-refractivity contribution >= 4 is 35.1 Å². The maximum Gasteiger partial charge on any atom is 0.303 e. The lowest BCUT2D eigenvalue weighted by Crippen LogP contribution is -2.49. The van der Waals surface area contributed by atoms with E-state index >= 15 is 0 Å². The number of hydrogen-bond donors (Lipinski definition) is 2. The van der Waals surface area contributed by atoms with Crippen molar-refractivity contribution in [3.63, 3.8) is 0 Å². The smallest absolute Gasteiger partial charge is 0.303 e. The summed E-state index contributed by atoms with van der Waals surface area (Å²) in [6.07, 6.45) is 1.33. The largest absolute Gasteiger partial charge is 0.481 e. The van der Waals surface area contributed by atoms with Gasteiger partial charge in [-0.25, -0.2) is 0 Å². The van der Waals surface area contributed by atoms with Crippen molar-refractivity contribution in [3.05, 3.63) is 0 Å². The third-order valence-electron chi connectivity index (χ3n) is 2.51. The second-order valence-electron chi connectivity index (χ2n) is 4.44. The summed E-state index contributed by atoms with van der Waals surface area (Å²) in [5.74, 6) is -1.18. The topological polar surface area (TPSA) is 66.4 Å². The fourth-order valence-electron chi connectivity index (χ4n) is 1.74. The van der Waals surface area contributed by atoms with Gasteiger partial charge in [-0.2, -0.15) is 0 Å². The molecule has 16 heavy (non-hydrogen) atoms. The Kier molecular flexibility index (Phi) is 4.44. The molecule has 6 heteroatoms. The van der Waals surface area contributed by atoms with E-state index in [2.05, 4.69) is 5.32 Å². The molecule has 4 nitrogen and oxygen atoms in total. The summed E-state index contributed by atoms with van der Waals surface area (Å²) >= 11 is 11.6. The number of halogens is 2. The number of nitrogens with one attached hydrogen (secondary N) is 1. The van der Waals surface area contributed by atoms with Gasteiger partial charge >= 0.3 is 5.97 Å². The first-order chi connectivity index (χ1) is 7.28. The highest BCUT2D eigenvalue weighted by Crippen LogP contribution is 2.42. The highest BCUT2D eigenvalue weighted by atomic mass is 35.5. The van der Waals surface area contributed by atoms with Gasteiger partial charge in [0, 0.05) is 31.7 Å². The number of carbonyl (C=O) groups is 2. The number of rotatable bonds is 5. The third-order valence-corrected chi connectivity index (χ3v) is 3.13. The van der Waals surface area contributed by atoms with Gasteiger partial charge in [0.2, 0.25) is 5.91 Å². The number of hydrogen-bond acceptors (Lipinski definition) is 2. The molecule has 0 aromatic rings. The lowest BCUT2D eigenvalue weighted by atomic mass is 9.91. The number of aliphatic carboxylic acids is 1. The molecule has 0 aliphatic heterocycles. The van der Waals surface area contributed by atoms with Gasteiger partial charge in [0.1, 0.15) is 4.33 Å². The molecule has 1 aliphatic rings. The molecule has 1 unspecified atom stereocenters. The molecule has 0 radical (unpaired) electrons. The molecule has 0 aromatic carbocycles. The van der Waals surface area contributed by atoms with Gasteiger partial charge in [0.25, 0.3) is 0 Å². The molecule has 1 rings (SSSR count). The molecule has 0 saturated heterocycles. The zero-order valence-corrected chi connectivity index (χ0v) is 10.5. The van der Waals surface area contributed by atoms with Crippen LogP contribution in [0.25, 0.3) is 0 Å². The van der Waals surface area contributed by atoms with Crippen LogP contribution in [0.2, 0.25) is 0 Å². The first kappa shape index (κ1) is 13.6. The first-order valence-corrected chi connectivity index (χ1v) is 5.93.